The Kier molecular flexibility index (Phi) is 4.80. The number of hydrogen-bond acceptors (Lipinski definition) is 3. The number of aryl methyl sites for hydroxylation is 2. The van der Waals surface area contributed by atoms with Gasteiger partial charge in [-0.15, -0.1) is 0 Å². The van der Waals surface area contributed by atoms with Gasteiger partial charge in [-0.3, -0.25) is 4.68 Å². The fourth-order valence-electron chi connectivity index (χ4n) is 1.82. The Morgan fingerprint density at radius 2 is 2.20 bits per heavy atom. The lowest BCUT2D eigenvalue weighted by Gasteiger charge is -2.09. The van der Waals surface area contributed by atoms with Crippen LogP contribution in [0.1, 0.15) is 12.0 Å². The number of sulfonamides is 1. The smallest absolute Gasteiger partial charge is 0.240 e. The first-order chi connectivity index (χ1) is 9.49. The predicted molar refractivity (Wildman–Crippen MR) is 78.2 cm³/mol. The van der Waals surface area contributed by atoms with Crippen LogP contribution in [0.4, 0.5) is 0 Å². The van der Waals surface area contributed by atoms with Crippen molar-refractivity contribution < 1.29 is 8.42 Å². The molecule has 0 spiro atoms. The summed E-state index contributed by atoms with van der Waals surface area (Å²) in [5.74, 6) is 0. The van der Waals surface area contributed by atoms with Crippen molar-refractivity contribution in [1.29, 1.82) is 0 Å². The van der Waals surface area contributed by atoms with Crippen LogP contribution in [0.3, 0.4) is 0 Å². The van der Waals surface area contributed by atoms with Crippen LogP contribution in [0.15, 0.2) is 41.6 Å². The molecule has 2 aromatic rings. The van der Waals surface area contributed by atoms with Gasteiger partial charge in [0.25, 0.3) is 0 Å². The lowest BCUT2D eigenvalue weighted by atomic mass is 10.2. The van der Waals surface area contributed by atoms with E-state index in [1.54, 1.807) is 29.9 Å². The number of halogens is 1. The summed E-state index contributed by atoms with van der Waals surface area (Å²) < 4.78 is 28.7. The van der Waals surface area contributed by atoms with Gasteiger partial charge < -0.3 is 0 Å². The maximum absolute atomic E-state index is 12.2. The van der Waals surface area contributed by atoms with E-state index >= 15 is 0 Å². The van der Waals surface area contributed by atoms with E-state index in [9.17, 15) is 8.42 Å². The number of hydrogen-bond donors (Lipinski definition) is 1. The van der Waals surface area contributed by atoms with Gasteiger partial charge in [0.2, 0.25) is 10.0 Å². The summed E-state index contributed by atoms with van der Waals surface area (Å²) in [6.07, 6.45) is 4.20. The van der Waals surface area contributed by atoms with Gasteiger partial charge in [0.15, 0.2) is 0 Å². The molecule has 7 heteroatoms. The summed E-state index contributed by atoms with van der Waals surface area (Å²) in [6.45, 7) is 2.77. The van der Waals surface area contributed by atoms with Gasteiger partial charge in [-0.1, -0.05) is 17.7 Å². The van der Waals surface area contributed by atoms with Crippen LogP contribution in [0, 0.1) is 6.92 Å². The molecule has 0 aliphatic carbocycles. The molecule has 0 amide bonds. The molecule has 1 N–H and O–H groups in total. The Hall–Kier alpha value is -1.37. The van der Waals surface area contributed by atoms with Crippen molar-refractivity contribution in [2.24, 2.45) is 0 Å². The molecule has 1 aromatic heterocycles. The highest BCUT2D eigenvalue weighted by Crippen LogP contribution is 2.19. The summed E-state index contributed by atoms with van der Waals surface area (Å²) in [5.41, 5.74) is 0.675. The van der Waals surface area contributed by atoms with E-state index in [1.807, 2.05) is 12.3 Å². The lowest BCUT2D eigenvalue weighted by Crippen LogP contribution is -2.26. The standard InChI is InChI=1S/C13H16ClN3O2S/c1-11-4-5-12(14)10-13(11)20(18,19)16-7-3-9-17-8-2-6-15-17/h2,4-6,8,10,16H,3,7,9H2,1H3. The molecule has 5 nitrogen and oxygen atoms in total. The van der Waals surface area contributed by atoms with Crippen molar-refractivity contribution in [2.45, 2.75) is 24.8 Å². The molecule has 2 rings (SSSR count). The number of rotatable bonds is 6. The molecule has 20 heavy (non-hydrogen) atoms. The van der Waals surface area contributed by atoms with E-state index in [1.165, 1.54) is 6.07 Å². The summed E-state index contributed by atoms with van der Waals surface area (Å²) in [6, 6.07) is 6.67. The molecule has 1 aromatic carbocycles. The van der Waals surface area contributed by atoms with E-state index in [0.29, 0.717) is 30.1 Å². The third kappa shape index (κ3) is 3.82. The average Bonchev–Trinajstić information content (AvgIpc) is 2.90. The van der Waals surface area contributed by atoms with Crippen LogP contribution in [0.2, 0.25) is 5.02 Å². The van der Waals surface area contributed by atoms with Crippen molar-refractivity contribution in [2.75, 3.05) is 6.54 Å². The molecule has 108 valence electrons. The van der Waals surface area contributed by atoms with Gasteiger partial charge in [0, 0.05) is 30.5 Å². The summed E-state index contributed by atoms with van der Waals surface area (Å²) in [4.78, 5) is 0.226. The monoisotopic (exact) mass is 313 g/mol. The van der Waals surface area contributed by atoms with Crippen LogP contribution in [0.25, 0.3) is 0 Å². The third-order valence-electron chi connectivity index (χ3n) is 2.85. The van der Waals surface area contributed by atoms with Gasteiger partial charge in [0.1, 0.15) is 0 Å². The first-order valence-electron chi connectivity index (χ1n) is 6.22. The third-order valence-corrected chi connectivity index (χ3v) is 4.69. The first-order valence-corrected chi connectivity index (χ1v) is 8.08. The predicted octanol–water partition coefficient (Wildman–Crippen LogP) is 2.21. The van der Waals surface area contributed by atoms with Crippen LogP contribution >= 0.6 is 11.6 Å². The fraction of sp³-hybridized carbons (Fsp3) is 0.308. The first kappa shape index (κ1) is 15.0. The number of aromatic nitrogens is 2. The summed E-state index contributed by atoms with van der Waals surface area (Å²) in [7, 11) is -3.52. The van der Waals surface area contributed by atoms with Crippen molar-refractivity contribution in [3.05, 3.63) is 47.2 Å². The van der Waals surface area contributed by atoms with Gasteiger partial charge in [-0.25, -0.2) is 13.1 Å². The molecule has 0 bridgehead atoms. The zero-order valence-corrected chi connectivity index (χ0v) is 12.7. The Morgan fingerprint density at radius 3 is 2.90 bits per heavy atom. The van der Waals surface area contributed by atoms with Gasteiger partial charge >= 0.3 is 0 Å². The summed E-state index contributed by atoms with van der Waals surface area (Å²) in [5, 5.41) is 4.47. The topological polar surface area (TPSA) is 64.0 Å². The maximum Gasteiger partial charge on any atom is 0.240 e. The van der Waals surface area contributed by atoms with E-state index < -0.39 is 10.0 Å². The highest BCUT2D eigenvalue weighted by Gasteiger charge is 2.16. The van der Waals surface area contributed by atoms with Gasteiger partial charge in [-0.05, 0) is 37.1 Å². The minimum atomic E-state index is -3.52. The Balaban J connectivity index is 1.95. The van der Waals surface area contributed by atoms with Crippen LogP contribution < -0.4 is 4.72 Å². The van der Waals surface area contributed by atoms with Crippen molar-refractivity contribution in [3.8, 4) is 0 Å². The highest BCUT2D eigenvalue weighted by molar-refractivity contribution is 7.89. The molecule has 0 unspecified atom stereocenters. The molecule has 0 saturated heterocycles. The minimum Gasteiger partial charge on any atom is -0.273 e. The molecule has 0 atom stereocenters. The second-order valence-electron chi connectivity index (χ2n) is 4.43. The van der Waals surface area contributed by atoms with Gasteiger partial charge in [0.05, 0.1) is 4.90 Å². The minimum absolute atomic E-state index is 0.226. The lowest BCUT2D eigenvalue weighted by molar-refractivity contribution is 0.552. The van der Waals surface area contributed by atoms with E-state index in [2.05, 4.69) is 9.82 Å². The Bertz CT molecular complexity index is 669. The molecule has 0 aliphatic rings. The number of benzene rings is 1. The van der Waals surface area contributed by atoms with Crippen LogP contribution in [-0.4, -0.2) is 24.7 Å². The quantitative estimate of drug-likeness (QED) is 0.832. The molecular formula is C13H16ClN3O2S. The molecule has 0 radical (unpaired) electrons. The second-order valence-corrected chi connectivity index (χ2v) is 6.60. The Morgan fingerprint density at radius 1 is 1.40 bits per heavy atom. The maximum atomic E-state index is 12.2. The zero-order chi connectivity index (χ0) is 14.6. The molecular weight excluding hydrogens is 298 g/mol. The highest BCUT2D eigenvalue weighted by atomic mass is 35.5. The van der Waals surface area contributed by atoms with E-state index in [4.69, 9.17) is 11.6 Å². The van der Waals surface area contributed by atoms with Gasteiger partial charge in [-0.2, -0.15) is 5.10 Å². The van der Waals surface area contributed by atoms with Crippen LogP contribution in [-0.2, 0) is 16.6 Å². The Labute approximate surface area is 123 Å². The van der Waals surface area contributed by atoms with Crippen molar-refractivity contribution in [3.63, 3.8) is 0 Å². The second kappa shape index (κ2) is 6.39. The molecule has 0 saturated carbocycles. The van der Waals surface area contributed by atoms with E-state index in [-0.39, 0.29) is 4.90 Å². The normalized spacial score (nSPS) is 11.7. The average molecular weight is 314 g/mol. The van der Waals surface area contributed by atoms with Crippen molar-refractivity contribution in [1.82, 2.24) is 14.5 Å². The van der Waals surface area contributed by atoms with Crippen molar-refractivity contribution >= 4 is 21.6 Å². The number of nitrogens with one attached hydrogen (secondary N) is 1. The molecule has 0 fully saturated rings. The molecule has 1 heterocycles. The number of nitrogens with zero attached hydrogens (tertiary/aromatic N) is 2. The van der Waals surface area contributed by atoms with E-state index in [0.717, 1.165) is 0 Å². The SMILES string of the molecule is Cc1ccc(Cl)cc1S(=O)(=O)NCCCn1cccn1. The van der Waals surface area contributed by atoms with Crippen LogP contribution in [0.5, 0.6) is 0 Å². The fourth-order valence-corrected chi connectivity index (χ4v) is 3.40. The zero-order valence-electron chi connectivity index (χ0n) is 11.1. The molecule has 0 aliphatic heterocycles. The summed E-state index contributed by atoms with van der Waals surface area (Å²) >= 11 is 5.85. The largest absolute Gasteiger partial charge is 0.273 e.